The third-order valence-corrected chi connectivity index (χ3v) is 6.76. The fourth-order valence-electron chi connectivity index (χ4n) is 3.93. The Bertz CT molecular complexity index is 727. The normalized spacial score (nSPS) is 19.7. The molecule has 0 bridgehead atoms. The number of fused-ring (bicyclic) bond motifs is 1. The molecule has 1 saturated carbocycles. The van der Waals surface area contributed by atoms with E-state index in [1.54, 1.807) is 5.57 Å². The van der Waals surface area contributed by atoms with Crippen molar-refractivity contribution in [2.75, 3.05) is 0 Å². The monoisotopic (exact) mass is 411 g/mol. The molecule has 2 aromatic carbocycles. The molecule has 0 saturated heterocycles. The molecule has 0 aromatic heterocycles. The van der Waals surface area contributed by atoms with Crippen molar-refractivity contribution in [2.45, 2.75) is 24.7 Å². The van der Waals surface area contributed by atoms with E-state index in [2.05, 4.69) is 81.0 Å². The van der Waals surface area contributed by atoms with Gasteiger partial charge in [0.05, 0.1) is 0 Å². The van der Waals surface area contributed by atoms with E-state index in [1.807, 2.05) is 0 Å². The number of halogens is 1. The van der Waals surface area contributed by atoms with Crippen molar-refractivity contribution in [3.05, 3.63) is 103 Å². The molecule has 116 valence electrons. The van der Waals surface area contributed by atoms with E-state index in [0.29, 0.717) is 0 Å². The number of hydrogen-bond acceptors (Lipinski definition) is 0. The van der Waals surface area contributed by atoms with E-state index < -0.39 is 0 Å². The van der Waals surface area contributed by atoms with Gasteiger partial charge in [-0.25, -0.2) is 0 Å². The van der Waals surface area contributed by atoms with Crippen molar-refractivity contribution in [1.82, 2.24) is 0 Å². The Morgan fingerprint density at radius 1 is 0.826 bits per heavy atom. The van der Waals surface area contributed by atoms with Crippen LogP contribution in [0.1, 0.15) is 30.4 Å². The van der Waals surface area contributed by atoms with Crippen LogP contribution in [-0.4, -0.2) is 0 Å². The molecule has 0 radical (unpaired) electrons. The second-order valence-electron chi connectivity index (χ2n) is 6.15. The fraction of sp³-hybridized carbons (Fsp3) is 0.182. The van der Waals surface area contributed by atoms with Crippen LogP contribution >= 0.6 is 0 Å². The van der Waals surface area contributed by atoms with Crippen molar-refractivity contribution in [1.29, 1.82) is 0 Å². The second kappa shape index (κ2) is 6.48. The van der Waals surface area contributed by atoms with Gasteiger partial charge in [-0.15, -0.1) is 0 Å². The molecule has 23 heavy (non-hydrogen) atoms. The first-order valence-electron chi connectivity index (χ1n) is 8.21. The van der Waals surface area contributed by atoms with Crippen LogP contribution in [0.5, 0.6) is 0 Å². The molecule has 4 rings (SSSR count). The summed E-state index contributed by atoms with van der Waals surface area (Å²) in [7, 11) is 0. The zero-order valence-corrected chi connectivity index (χ0v) is 15.2. The number of rotatable bonds is 2. The molecular formula is C22H20I-. The predicted octanol–water partition coefficient (Wildman–Crippen LogP) is 2.58. The molecule has 2 aromatic rings. The van der Waals surface area contributed by atoms with Crippen LogP contribution in [0, 0.1) is 0 Å². The van der Waals surface area contributed by atoms with Gasteiger partial charge in [0, 0.05) is 0 Å². The van der Waals surface area contributed by atoms with Gasteiger partial charge in [0.15, 0.2) is 0 Å². The molecule has 0 nitrogen and oxygen atoms in total. The van der Waals surface area contributed by atoms with Crippen LogP contribution in [0.15, 0.2) is 92.1 Å². The molecule has 0 amide bonds. The Morgan fingerprint density at radius 3 is 2.13 bits per heavy atom. The van der Waals surface area contributed by atoms with Crippen LogP contribution in [0.2, 0.25) is 0 Å². The van der Waals surface area contributed by atoms with Crippen molar-refractivity contribution >= 4 is 0 Å². The molecule has 1 aliphatic carbocycles. The first-order chi connectivity index (χ1) is 11.4. The summed E-state index contributed by atoms with van der Waals surface area (Å²) in [6, 6.07) is 22.2. The van der Waals surface area contributed by atoms with E-state index in [4.69, 9.17) is 0 Å². The Hall–Kier alpha value is -1.61. The Kier molecular flexibility index (Phi) is 4.21. The Balaban J connectivity index is 1.98. The van der Waals surface area contributed by atoms with E-state index in [-0.39, 0.29) is 26.6 Å². The summed E-state index contributed by atoms with van der Waals surface area (Å²) in [4.78, 5) is 0. The number of hydrogen-bond donors (Lipinski definition) is 0. The van der Waals surface area contributed by atoms with Crippen LogP contribution < -0.4 is 21.2 Å². The summed E-state index contributed by atoms with van der Waals surface area (Å²) in [5.41, 5.74) is 6.01. The van der Waals surface area contributed by atoms with Gasteiger partial charge in [-0.2, -0.15) is 0 Å². The summed E-state index contributed by atoms with van der Waals surface area (Å²) in [6.07, 6.45) is 8.30. The van der Waals surface area contributed by atoms with Crippen LogP contribution in [0.25, 0.3) is 0 Å². The van der Waals surface area contributed by atoms with Gasteiger partial charge >= 0.3 is 149 Å². The van der Waals surface area contributed by atoms with E-state index in [1.165, 1.54) is 36.0 Å². The van der Waals surface area contributed by atoms with E-state index >= 15 is 0 Å². The maximum atomic E-state index is 2.56. The summed E-state index contributed by atoms with van der Waals surface area (Å²) in [5.74, 6) is 0. The maximum absolute atomic E-state index is 2.56. The molecule has 1 fully saturated rings. The van der Waals surface area contributed by atoms with E-state index in [9.17, 15) is 0 Å². The SMILES string of the molecule is C1=C[I-]C=C2C(=C1)CCCC2(c1ccccc1)c1ccccc1. The number of benzene rings is 2. The average Bonchev–Trinajstić information content (AvgIpc) is 2.89. The standard InChI is InChI=1S/C22H20I/c1-3-11-19(12-4-1)22(20-13-5-2-6-14-20)15-7-9-18-10-8-16-23-17-21(18)22/h1-6,8,10-14,16-17H,7,9,15H2/q-1. The summed E-state index contributed by atoms with van der Waals surface area (Å²) >= 11 is 0.00310. The Morgan fingerprint density at radius 2 is 1.48 bits per heavy atom. The summed E-state index contributed by atoms with van der Waals surface area (Å²) in [5, 5.41) is 0. The predicted molar refractivity (Wildman–Crippen MR) is 92.8 cm³/mol. The van der Waals surface area contributed by atoms with Gasteiger partial charge in [0.25, 0.3) is 0 Å². The molecule has 0 N–H and O–H groups in total. The Labute approximate surface area is 148 Å². The van der Waals surface area contributed by atoms with Gasteiger partial charge in [-0.3, -0.25) is 0 Å². The first kappa shape index (κ1) is 14.9. The minimum atomic E-state index is 0.00310. The zero-order chi connectivity index (χ0) is 15.5. The fourth-order valence-corrected chi connectivity index (χ4v) is 5.88. The van der Waals surface area contributed by atoms with Gasteiger partial charge in [0.1, 0.15) is 0 Å². The second-order valence-corrected chi connectivity index (χ2v) is 8.21. The first-order valence-corrected chi connectivity index (χ1v) is 10.7. The molecule has 1 aliphatic heterocycles. The van der Waals surface area contributed by atoms with Gasteiger partial charge in [-0.05, 0) is 0 Å². The van der Waals surface area contributed by atoms with Crippen LogP contribution in [0.4, 0.5) is 0 Å². The van der Waals surface area contributed by atoms with Gasteiger partial charge in [-0.1, -0.05) is 0 Å². The molecule has 1 heteroatoms. The van der Waals surface area contributed by atoms with Crippen molar-refractivity contribution < 1.29 is 21.2 Å². The quantitative estimate of drug-likeness (QED) is 0.667. The zero-order valence-electron chi connectivity index (χ0n) is 13.1. The molecule has 2 aliphatic rings. The molecule has 0 atom stereocenters. The third kappa shape index (κ3) is 2.61. The molecule has 0 spiro atoms. The topological polar surface area (TPSA) is 0 Å². The molecule has 1 heterocycles. The van der Waals surface area contributed by atoms with E-state index in [0.717, 1.165) is 0 Å². The van der Waals surface area contributed by atoms with Gasteiger partial charge < -0.3 is 0 Å². The van der Waals surface area contributed by atoms with Crippen molar-refractivity contribution in [2.24, 2.45) is 0 Å². The molecule has 0 unspecified atom stereocenters. The summed E-state index contributed by atoms with van der Waals surface area (Å²) < 4.78 is 4.94. The van der Waals surface area contributed by atoms with Gasteiger partial charge in [0.2, 0.25) is 0 Å². The summed E-state index contributed by atoms with van der Waals surface area (Å²) in [6.45, 7) is 0. The van der Waals surface area contributed by atoms with Crippen LogP contribution in [-0.2, 0) is 5.41 Å². The average molecular weight is 411 g/mol. The van der Waals surface area contributed by atoms with Crippen molar-refractivity contribution in [3.63, 3.8) is 0 Å². The third-order valence-electron chi connectivity index (χ3n) is 4.95. The number of allylic oxidation sites excluding steroid dienone is 4. The van der Waals surface area contributed by atoms with Crippen LogP contribution in [0.3, 0.4) is 0 Å². The molecular weight excluding hydrogens is 391 g/mol. The van der Waals surface area contributed by atoms with Crippen molar-refractivity contribution in [3.8, 4) is 0 Å². The minimum absolute atomic E-state index is 0.00310.